The van der Waals surface area contributed by atoms with Gasteiger partial charge in [-0.25, -0.2) is 13.4 Å². The van der Waals surface area contributed by atoms with Gasteiger partial charge in [-0.15, -0.1) is 0 Å². The predicted octanol–water partition coefficient (Wildman–Crippen LogP) is 2.67. The summed E-state index contributed by atoms with van der Waals surface area (Å²) in [6, 6.07) is 8.87. The van der Waals surface area contributed by atoms with E-state index in [1.165, 1.54) is 4.31 Å². The van der Waals surface area contributed by atoms with E-state index in [1.54, 1.807) is 30.6 Å². The van der Waals surface area contributed by atoms with E-state index in [4.69, 9.17) is 0 Å². The summed E-state index contributed by atoms with van der Waals surface area (Å²) in [4.78, 5) is 9.00. The van der Waals surface area contributed by atoms with Crippen molar-refractivity contribution in [3.05, 3.63) is 42.7 Å². The van der Waals surface area contributed by atoms with E-state index < -0.39 is 10.0 Å². The largest absolute Gasteiger partial charge is 0.327 e. The molecular weight excluding hydrogens is 324 g/mol. The van der Waals surface area contributed by atoms with Crippen molar-refractivity contribution in [2.24, 2.45) is 7.05 Å². The van der Waals surface area contributed by atoms with Crippen LogP contribution in [0.2, 0.25) is 0 Å². The molecule has 126 valence electrons. The van der Waals surface area contributed by atoms with Gasteiger partial charge >= 0.3 is 0 Å². The summed E-state index contributed by atoms with van der Waals surface area (Å²) >= 11 is 0. The first-order valence-electron chi connectivity index (χ1n) is 7.86. The summed E-state index contributed by atoms with van der Waals surface area (Å²) in [5.74, 6) is 0.760. The van der Waals surface area contributed by atoms with E-state index >= 15 is 0 Å². The predicted molar refractivity (Wildman–Crippen MR) is 94.1 cm³/mol. The lowest BCUT2D eigenvalue weighted by Crippen LogP contribution is -2.30. The molecule has 0 amide bonds. The molecule has 2 aromatic heterocycles. The summed E-state index contributed by atoms with van der Waals surface area (Å²) in [7, 11) is -1.58. The van der Waals surface area contributed by atoms with Gasteiger partial charge in [-0.05, 0) is 30.3 Å². The van der Waals surface area contributed by atoms with Crippen molar-refractivity contribution in [3.63, 3.8) is 0 Å². The zero-order valence-corrected chi connectivity index (χ0v) is 14.8. The molecule has 0 aliphatic rings. The van der Waals surface area contributed by atoms with Crippen molar-refractivity contribution in [2.75, 3.05) is 13.1 Å². The number of hydrogen-bond donors (Lipinski definition) is 0. The van der Waals surface area contributed by atoms with Crippen LogP contribution in [0.3, 0.4) is 0 Å². The van der Waals surface area contributed by atoms with Gasteiger partial charge in [0.15, 0.2) is 0 Å². The minimum atomic E-state index is -3.49. The minimum Gasteiger partial charge on any atom is -0.327 e. The summed E-state index contributed by atoms with van der Waals surface area (Å²) in [6.07, 6.45) is 3.45. The number of hydrogen-bond acceptors (Lipinski definition) is 4. The molecule has 0 radical (unpaired) electrons. The molecule has 0 aliphatic heterocycles. The molecule has 7 heteroatoms. The third kappa shape index (κ3) is 2.70. The molecule has 24 heavy (non-hydrogen) atoms. The Balaban J connectivity index is 2.13. The number of pyridine rings is 1. The third-order valence-electron chi connectivity index (χ3n) is 4.12. The molecular formula is C17H20N4O2S. The van der Waals surface area contributed by atoms with Crippen LogP contribution in [0.4, 0.5) is 0 Å². The maximum Gasteiger partial charge on any atom is 0.243 e. The molecule has 3 aromatic rings. The van der Waals surface area contributed by atoms with Gasteiger partial charge in [-0.3, -0.25) is 4.98 Å². The molecule has 0 aliphatic carbocycles. The monoisotopic (exact) mass is 344 g/mol. The molecule has 0 N–H and O–H groups in total. The number of sulfonamides is 1. The van der Waals surface area contributed by atoms with Crippen molar-refractivity contribution in [1.29, 1.82) is 0 Å². The lowest BCUT2D eigenvalue weighted by Gasteiger charge is -2.18. The van der Waals surface area contributed by atoms with Crippen LogP contribution in [0.15, 0.2) is 47.6 Å². The Morgan fingerprint density at radius 2 is 1.92 bits per heavy atom. The number of nitrogens with zero attached hydrogens (tertiary/aromatic N) is 4. The van der Waals surface area contributed by atoms with Crippen molar-refractivity contribution in [3.8, 4) is 11.4 Å². The number of benzene rings is 1. The fourth-order valence-corrected chi connectivity index (χ4v) is 4.28. The Morgan fingerprint density at radius 3 is 2.54 bits per heavy atom. The van der Waals surface area contributed by atoms with Gasteiger partial charge < -0.3 is 4.57 Å². The van der Waals surface area contributed by atoms with Gasteiger partial charge in [0.1, 0.15) is 5.82 Å². The lowest BCUT2D eigenvalue weighted by atomic mass is 10.3. The average molecular weight is 344 g/mol. The summed E-state index contributed by atoms with van der Waals surface area (Å²) in [6.45, 7) is 4.56. The number of rotatable bonds is 5. The second-order valence-corrected chi connectivity index (χ2v) is 7.41. The standard InChI is InChI=1S/C17H20N4O2S/c1-4-21(5-2)24(22,23)14-8-9-16-15(11-14)19-17(20(16)3)13-7-6-10-18-12-13/h6-12H,4-5H2,1-3H3. The van der Waals surface area contributed by atoms with Gasteiger partial charge in [-0.1, -0.05) is 13.8 Å². The van der Waals surface area contributed by atoms with Crippen LogP contribution in [0.5, 0.6) is 0 Å². The zero-order chi connectivity index (χ0) is 17.3. The van der Waals surface area contributed by atoms with Crippen molar-refractivity contribution >= 4 is 21.1 Å². The Hall–Kier alpha value is -2.25. The van der Waals surface area contributed by atoms with E-state index in [9.17, 15) is 8.42 Å². The minimum absolute atomic E-state index is 0.273. The van der Waals surface area contributed by atoms with Gasteiger partial charge in [0.05, 0.1) is 15.9 Å². The summed E-state index contributed by atoms with van der Waals surface area (Å²) < 4.78 is 28.8. The second-order valence-electron chi connectivity index (χ2n) is 5.48. The second kappa shape index (κ2) is 6.33. The summed E-state index contributed by atoms with van der Waals surface area (Å²) in [5, 5.41) is 0. The lowest BCUT2D eigenvalue weighted by molar-refractivity contribution is 0.445. The normalized spacial score (nSPS) is 12.2. The van der Waals surface area contributed by atoms with Crippen LogP contribution < -0.4 is 0 Å². The topological polar surface area (TPSA) is 68.1 Å². The highest BCUT2D eigenvalue weighted by atomic mass is 32.2. The van der Waals surface area contributed by atoms with Crippen molar-refractivity contribution < 1.29 is 8.42 Å². The number of aryl methyl sites for hydroxylation is 1. The maximum absolute atomic E-state index is 12.7. The zero-order valence-electron chi connectivity index (χ0n) is 14.0. The molecule has 0 atom stereocenters. The first-order chi connectivity index (χ1) is 11.5. The molecule has 0 saturated heterocycles. The van der Waals surface area contributed by atoms with E-state index in [0.717, 1.165) is 16.9 Å². The van der Waals surface area contributed by atoms with Crippen LogP contribution in [0.25, 0.3) is 22.4 Å². The van der Waals surface area contributed by atoms with Gasteiger partial charge in [0, 0.05) is 38.1 Å². The molecule has 0 spiro atoms. The van der Waals surface area contributed by atoms with Crippen LogP contribution >= 0.6 is 0 Å². The highest BCUT2D eigenvalue weighted by Gasteiger charge is 2.22. The molecule has 0 fully saturated rings. The average Bonchev–Trinajstić information content (AvgIpc) is 2.93. The number of fused-ring (bicyclic) bond motifs is 1. The van der Waals surface area contributed by atoms with Crippen molar-refractivity contribution in [1.82, 2.24) is 18.8 Å². The van der Waals surface area contributed by atoms with E-state index in [-0.39, 0.29) is 4.90 Å². The van der Waals surface area contributed by atoms with Crippen molar-refractivity contribution in [2.45, 2.75) is 18.7 Å². The Bertz CT molecular complexity index is 961. The Labute approximate surface area is 141 Å². The van der Waals surface area contributed by atoms with Gasteiger partial charge in [0.25, 0.3) is 0 Å². The van der Waals surface area contributed by atoms with E-state index in [2.05, 4.69) is 9.97 Å². The highest BCUT2D eigenvalue weighted by molar-refractivity contribution is 7.89. The number of imidazole rings is 1. The first kappa shape index (κ1) is 16.6. The maximum atomic E-state index is 12.7. The molecule has 1 aromatic carbocycles. The smallest absolute Gasteiger partial charge is 0.243 e. The van der Waals surface area contributed by atoms with E-state index in [1.807, 2.05) is 37.6 Å². The fourth-order valence-electron chi connectivity index (χ4n) is 2.81. The van der Waals surface area contributed by atoms with Crippen LogP contribution in [-0.2, 0) is 17.1 Å². The van der Waals surface area contributed by atoms with Crippen LogP contribution in [-0.4, -0.2) is 40.3 Å². The quantitative estimate of drug-likeness (QED) is 0.713. The molecule has 0 saturated carbocycles. The van der Waals surface area contributed by atoms with E-state index in [0.29, 0.717) is 18.6 Å². The SMILES string of the molecule is CCN(CC)S(=O)(=O)c1ccc2c(c1)nc(-c1cccnc1)n2C. The highest BCUT2D eigenvalue weighted by Crippen LogP contribution is 2.26. The molecule has 0 unspecified atom stereocenters. The first-order valence-corrected chi connectivity index (χ1v) is 9.30. The fraction of sp³-hybridized carbons (Fsp3) is 0.294. The van der Waals surface area contributed by atoms with Crippen LogP contribution in [0, 0.1) is 0 Å². The Kier molecular flexibility index (Phi) is 4.38. The summed E-state index contributed by atoms with van der Waals surface area (Å²) in [5.41, 5.74) is 2.43. The van der Waals surface area contributed by atoms with Gasteiger partial charge in [-0.2, -0.15) is 4.31 Å². The number of aromatic nitrogens is 3. The van der Waals surface area contributed by atoms with Gasteiger partial charge in [0.2, 0.25) is 10.0 Å². The Morgan fingerprint density at radius 1 is 1.17 bits per heavy atom. The molecule has 0 bridgehead atoms. The molecule has 2 heterocycles. The molecule has 6 nitrogen and oxygen atoms in total. The van der Waals surface area contributed by atoms with Crippen LogP contribution in [0.1, 0.15) is 13.8 Å². The third-order valence-corrected chi connectivity index (χ3v) is 6.16. The molecule has 3 rings (SSSR count).